The van der Waals surface area contributed by atoms with Crippen LogP contribution in [0, 0.1) is 11.6 Å². The third-order valence-corrected chi connectivity index (χ3v) is 3.67. The zero-order valence-electron chi connectivity index (χ0n) is 11.1. The molecule has 0 radical (unpaired) electrons. The summed E-state index contributed by atoms with van der Waals surface area (Å²) in [6.45, 7) is 0. The molecule has 0 spiro atoms. The Morgan fingerprint density at radius 2 is 1.90 bits per heavy atom. The van der Waals surface area contributed by atoms with E-state index in [0.717, 1.165) is 5.56 Å². The molecule has 2 aromatic rings. The highest BCUT2D eigenvalue weighted by atomic mass is 19.1. The predicted octanol–water partition coefficient (Wildman–Crippen LogP) is 3.75. The van der Waals surface area contributed by atoms with Crippen molar-refractivity contribution in [2.45, 2.75) is 18.6 Å². The van der Waals surface area contributed by atoms with E-state index in [1.807, 2.05) is 7.05 Å². The highest BCUT2D eigenvalue weighted by Gasteiger charge is 2.30. The Bertz CT molecular complexity index is 630. The molecule has 1 aliphatic rings. The number of ether oxygens (including phenoxy) is 1. The Morgan fingerprint density at radius 1 is 1.10 bits per heavy atom. The lowest BCUT2D eigenvalue weighted by atomic mass is 9.93. The molecule has 0 bridgehead atoms. The topological polar surface area (TPSA) is 21.3 Å². The van der Waals surface area contributed by atoms with Crippen LogP contribution in [0.25, 0.3) is 0 Å². The van der Waals surface area contributed by atoms with Gasteiger partial charge in [0, 0.05) is 23.6 Å². The van der Waals surface area contributed by atoms with Crippen LogP contribution in [0.3, 0.4) is 0 Å². The van der Waals surface area contributed by atoms with Crippen LogP contribution in [0.2, 0.25) is 0 Å². The van der Waals surface area contributed by atoms with Crippen molar-refractivity contribution in [1.82, 2.24) is 5.32 Å². The normalized spacial score (nSPS) is 21.1. The zero-order chi connectivity index (χ0) is 14.1. The lowest BCUT2D eigenvalue weighted by Gasteiger charge is -2.32. The van der Waals surface area contributed by atoms with E-state index in [4.69, 9.17) is 4.74 Å². The van der Waals surface area contributed by atoms with Crippen molar-refractivity contribution in [3.05, 3.63) is 65.2 Å². The van der Waals surface area contributed by atoms with Gasteiger partial charge < -0.3 is 10.1 Å². The maximum Gasteiger partial charge on any atom is 0.130 e. The van der Waals surface area contributed by atoms with Gasteiger partial charge in [-0.15, -0.1) is 0 Å². The molecular weight excluding hydrogens is 260 g/mol. The summed E-state index contributed by atoms with van der Waals surface area (Å²) < 4.78 is 33.1. The van der Waals surface area contributed by atoms with E-state index in [0.29, 0.717) is 17.7 Å². The van der Waals surface area contributed by atoms with Crippen LogP contribution in [-0.2, 0) is 0 Å². The molecule has 0 aromatic heterocycles. The standard InChI is InChI=1S/C16H15F2NO/c1-19-14-9-16(11-4-2-3-5-13(11)18)20-15-7-6-10(17)8-12(14)15/h2-8,14,16,19H,9H2,1H3. The van der Waals surface area contributed by atoms with E-state index >= 15 is 0 Å². The van der Waals surface area contributed by atoms with Crippen molar-refractivity contribution in [1.29, 1.82) is 0 Å². The molecule has 1 aliphatic heterocycles. The molecule has 1 heterocycles. The third kappa shape index (κ3) is 2.27. The van der Waals surface area contributed by atoms with Crippen LogP contribution >= 0.6 is 0 Å². The third-order valence-electron chi connectivity index (χ3n) is 3.67. The molecule has 0 aliphatic carbocycles. The van der Waals surface area contributed by atoms with Gasteiger partial charge in [0.15, 0.2) is 0 Å². The van der Waals surface area contributed by atoms with Crippen LogP contribution in [0.1, 0.15) is 29.7 Å². The molecule has 2 nitrogen and oxygen atoms in total. The van der Waals surface area contributed by atoms with E-state index < -0.39 is 0 Å². The first-order valence-electron chi connectivity index (χ1n) is 6.57. The summed E-state index contributed by atoms with van der Waals surface area (Å²) >= 11 is 0. The lowest BCUT2D eigenvalue weighted by molar-refractivity contribution is 0.149. The SMILES string of the molecule is CNC1CC(c2ccccc2F)Oc2ccc(F)cc21. The van der Waals surface area contributed by atoms with Crippen molar-refractivity contribution < 1.29 is 13.5 Å². The molecule has 20 heavy (non-hydrogen) atoms. The molecule has 3 rings (SSSR count). The van der Waals surface area contributed by atoms with Crippen molar-refractivity contribution in [3.63, 3.8) is 0 Å². The number of hydrogen-bond donors (Lipinski definition) is 1. The quantitative estimate of drug-likeness (QED) is 0.901. The number of benzene rings is 2. The summed E-state index contributed by atoms with van der Waals surface area (Å²) in [5, 5.41) is 3.14. The monoisotopic (exact) mass is 275 g/mol. The van der Waals surface area contributed by atoms with E-state index in [2.05, 4.69) is 5.32 Å². The zero-order valence-corrected chi connectivity index (χ0v) is 11.1. The second-order valence-electron chi connectivity index (χ2n) is 4.89. The fourth-order valence-corrected chi connectivity index (χ4v) is 2.64. The first kappa shape index (κ1) is 13.1. The molecule has 4 heteroatoms. The van der Waals surface area contributed by atoms with Crippen LogP contribution in [-0.4, -0.2) is 7.05 Å². The second-order valence-corrected chi connectivity index (χ2v) is 4.89. The fourth-order valence-electron chi connectivity index (χ4n) is 2.64. The molecule has 2 unspecified atom stereocenters. The minimum Gasteiger partial charge on any atom is -0.485 e. The number of halogens is 2. The summed E-state index contributed by atoms with van der Waals surface area (Å²) in [4.78, 5) is 0. The smallest absolute Gasteiger partial charge is 0.130 e. The molecule has 0 fully saturated rings. The molecule has 0 saturated carbocycles. The summed E-state index contributed by atoms with van der Waals surface area (Å²) in [6, 6.07) is 11.0. The lowest BCUT2D eigenvalue weighted by Crippen LogP contribution is -2.27. The van der Waals surface area contributed by atoms with Gasteiger partial charge >= 0.3 is 0 Å². The molecule has 1 N–H and O–H groups in total. The molecule has 2 aromatic carbocycles. The first-order chi connectivity index (χ1) is 9.69. The van der Waals surface area contributed by atoms with Crippen molar-refractivity contribution in [3.8, 4) is 5.75 Å². The van der Waals surface area contributed by atoms with Gasteiger partial charge in [-0.05, 0) is 31.3 Å². The Hall–Kier alpha value is -1.94. The van der Waals surface area contributed by atoms with Gasteiger partial charge in [0.1, 0.15) is 23.5 Å². The van der Waals surface area contributed by atoms with E-state index in [1.165, 1.54) is 18.2 Å². The number of hydrogen-bond acceptors (Lipinski definition) is 2. The summed E-state index contributed by atoms with van der Waals surface area (Å²) in [6.07, 6.45) is 0.195. The van der Waals surface area contributed by atoms with Gasteiger partial charge in [0.05, 0.1) is 0 Å². The maximum absolute atomic E-state index is 13.9. The van der Waals surface area contributed by atoms with Gasteiger partial charge in [-0.1, -0.05) is 18.2 Å². The van der Waals surface area contributed by atoms with E-state index in [1.54, 1.807) is 24.3 Å². The molecule has 104 valence electrons. The molecular formula is C16H15F2NO. The van der Waals surface area contributed by atoms with E-state index in [9.17, 15) is 8.78 Å². The minimum atomic E-state index is -0.369. The number of fused-ring (bicyclic) bond motifs is 1. The highest BCUT2D eigenvalue weighted by molar-refractivity contribution is 5.40. The van der Waals surface area contributed by atoms with Gasteiger partial charge in [0.2, 0.25) is 0 Å². The number of nitrogens with one attached hydrogen (secondary N) is 1. The Morgan fingerprint density at radius 3 is 2.65 bits per heavy atom. The first-order valence-corrected chi connectivity index (χ1v) is 6.57. The highest BCUT2D eigenvalue weighted by Crippen LogP contribution is 2.41. The largest absolute Gasteiger partial charge is 0.485 e. The van der Waals surface area contributed by atoms with Gasteiger partial charge in [0.25, 0.3) is 0 Å². The molecule has 0 amide bonds. The van der Waals surface area contributed by atoms with Crippen molar-refractivity contribution in [2.75, 3.05) is 7.05 Å². The summed E-state index contributed by atoms with van der Waals surface area (Å²) in [5.74, 6) is 0.0279. The molecule has 0 saturated heterocycles. The minimum absolute atomic E-state index is 0.0564. The predicted molar refractivity (Wildman–Crippen MR) is 72.6 cm³/mol. The van der Waals surface area contributed by atoms with Crippen molar-refractivity contribution in [2.24, 2.45) is 0 Å². The second kappa shape index (κ2) is 5.21. The Balaban J connectivity index is 1.99. The number of rotatable bonds is 2. The van der Waals surface area contributed by atoms with Gasteiger partial charge in [-0.2, -0.15) is 0 Å². The average Bonchev–Trinajstić information content (AvgIpc) is 2.46. The van der Waals surface area contributed by atoms with Crippen LogP contribution in [0.5, 0.6) is 5.75 Å². The van der Waals surface area contributed by atoms with Crippen LogP contribution in [0.4, 0.5) is 8.78 Å². The van der Waals surface area contributed by atoms with E-state index in [-0.39, 0.29) is 23.8 Å². The van der Waals surface area contributed by atoms with Crippen molar-refractivity contribution >= 4 is 0 Å². The summed E-state index contributed by atoms with van der Waals surface area (Å²) in [5.41, 5.74) is 1.31. The van der Waals surface area contributed by atoms with Crippen LogP contribution in [0.15, 0.2) is 42.5 Å². The Kier molecular flexibility index (Phi) is 3.40. The average molecular weight is 275 g/mol. The van der Waals surface area contributed by atoms with Gasteiger partial charge in [-0.25, -0.2) is 8.78 Å². The summed E-state index contributed by atoms with van der Waals surface area (Å²) in [7, 11) is 1.81. The Labute approximate surface area is 116 Å². The van der Waals surface area contributed by atoms with Crippen LogP contribution < -0.4 is 10.1 Å². The maximum atomic E-state index is 13.9. The fraction of sp³-hybridized carbons (Fsp3) is 0.250. The van der Waals surface area contributed by atoms with Gasteiger partial charge in [-0.3, -0.25) is 0 Å². The molecule has 2 atom stereocenters.